The summed E-state index contributed by atoms with van der Waals surface area (Å²) in [5.41, 5.74) is 8.43. The van der Waals surface area contributed by atoms with Gasteiger partial charge in [-0.05, 0) is 50.1 Å². The van der Waals surface area contributed by atoms with Gasteiger partial charge in [0.2, 0.25) is 11.2 Å². The summed E-state index contributed by atoms with van der Waals surface area (Å²) in [6.07, 6.45) is 0. The number of nitrogens with zero attached hydrogens (tertiary/aromatic N) is 4. The molecule has 2 heterocycles. The van der Waals surface area contributed by atoms with Crippen molar-refractivity contribution in [1.82, 2.24) is 15.0 Å². The quantitative estimate of drug-likeness (QED) is 0.358. The minimum atomic E-state index is 0.231. The lowest BCUT2D eigenvalue weighted by Gasteiger charge is -2.16. The van der Waals surface area contributed by atoms with Crippen LogP contribution in [0.5, 0.6) is 0 Å². The van der Waals surface area contributed by atoms with E-state index in [4.69, 9.17) is 15.0 Å². The molecule has 0 fully saturated rings. The van der Waals surface area contributed by atoms with Gasteiger partial charge in [0, 0.05) is 23.3 Å². The molecule has 4 nitrogen and oxygen atoms in total. The number of rotatable bonds is 4. The number of hydrogen-bond acceptors (Lipinski definition) is 3. The molecule has 0 unspecified atom stereocenters. The highest BCUT2D eigenvalue weighted by Gasteiger charge is 2.26. The van der Waals surface area contributed by atoms with Gasteiger partial charge in [0.1, 0.15) is 18.7 Å². The molecule has 0 amide bonds. The Kier molecular flexibility index (Phi) is 5.81. The summed E-state index contributed by atoms with van der Waals surface area (Å²) in [5.74, 6) is 2.90. The minimum Gasteiger partial charge on any atom is -0.217 e. The molecule has 4 heteroatoms. The van der Waals surface area contributed by atoms with Gasteiger partial charge in [0.25, 0.3) is 0 Å². The molecular weight excluding hydrogens is 392 g/mol. The van der Waals surface area contributed by atoms with Crippen LogP contribution in [-0.4, -0.2) is 15.0 Å². The van der Waals surface area contributed by atoms with Crippen molar-refractivity contribution in [3.8, 4) is 22.6 Å². The molecule has 4 rings (SSSR count). The van der Waals surface area contributed by atoms with Crippen LogP contribution in [0.25, 0.3) is 33.5 Å². The summed E-state index contributed by atoms with van der Waals surface area (Å²) < 4.78 is 2.29. The second-order valence-corrected chi connectivity index (χ2v) is 9.46. The standard InChI is InChI=1S/C28H33N4/c1-16(2)26-29-27(17(3)4)31-28(30-26)23-15-21-11-9-10-12-24(21)32(8)25(23)22-14-18(5)13-19(6)20(22)7/h9-17H,1-8H3/q+1. The van der Waals surface area contributed by atoms with E-state index >= 15 is 0 Å². The van der Waals surface area contributed by atoms with E-state index in [2.05, 4.69) is 103 Å². The van der Waals surface area contributed by atoms with Crippen molar-refractivity contribution < 1.29 is 4.57 Å². The predicted molar refractivity (Wildman–Crippen MR) is 132 cm³/mol. The second-order valence-electron chi connectivity index (χ2n) is 9.46. The molecule has 0 saturated carbocycles. The molecule has 0 N–H and O–H groups in total. The first-order chi connectivity index (χ1) is 15.2. The van der Waals surface area contributed by atoms with Crippen molar-refractivity contribution in [1.29, 1.82) is 0 Å². The molecule has 32 heavy (non-hydrogen) atoms. The molecular formula is C28H33N4+. The summed E-state index contributed by atoms with van der Waals surface area (Å²) in [6.45, 7) is 15.1. The Hall–Kier alpha value is -3.14. The summed E-state index contributed by atoms with van der Waals surface area (Å²) in [4.78, 5) is 14.7. The van der Waals surface area contributed by atoms with E-state index in [-0.39, 0.29) is 11.8 Å². The van der Waals surface area contributed by atoms with Crippen molar-refractivity contribution in [3.05, 3.63) is 70.8 Å². The van der Waals surface area contributed by atoms with Gasteiger partial charge in [-0.2, -0.15) is 4.57 Å². The zero-order valence-corrected chi connectivity index (χ0v) is 20.5. The first-order valence-electron chi connectivity index (χ1n) is 11.4. The van der Waals surface area contributed by atoms with Crippen LogP contribution in [0.4, 0.5) is 0 Å². The zero-order chi connectivity index (χ0) is 23.2. The third kappa shape index (κ3) is 3.90. The molecule has 0 bridgehead atoms. The monoisotopic (exact) mass is 425 g/mol. The average molecular weight is 426 g/mol. The van der Waals surface area contributed by atoms with E-state index in [1.54, 1.807) is 0 Å². The lowest BCUT2D eigenvalue weighted by atomic mass is 9.93. The largest absolute Gasteiger partial charge is 0.224 e. The topological polar surface area (TPSA) is 42.6 Å². The zero-order valence-electron chi connectivity index (χ0n) is 20.5. The van der Waals surface area contributed by atoms with E-state index in [0.717, 1.165) is 28.7 Å². The Morgan fingerprint density at radius 1 is 0.750 bits per heavy atom. The Balaban J connectivity index is 2.14. The van der Waals surface area contributed by atoms with Gasteiger partial charge in [0.15, 0.2) is 5.82 Å². The molecule has 0 radical (unpaired) electrons. The predicted octanol–water partition coefficient (Wildman–Crippen LogP) is 6.36. The highest BCUT2D eigenvalue weighted by atomic mass is 15.0. The van der Waals surface area contributed by atoms with E-state index in [1.807, 2.05) is 0 Å². The van der Waals surface area contributed by atoms with Crippen LogP contribution in [0.2, 0.25) is 0 Å². The summed E-state index contributed by atoms with van der Waals surface area (Å²) >= 11 is 0. The van der Waals surface area contributed by atoms with Gasteiger partial charge in [-0.3, -0.25) is 0 Å². The maximum Gasteiger partial charge on any atom is 0.224 e. The number of hydrogen-bond donors (Lipinski definition) is 0. The first-order valence-corrected chi connectivity index (χ1v) is 11.4. The van der Waals surface area contributed by atoms with Crippen molar-refractivity contribution in [2.45, 2.75) is 60.3 Å². The molecule has 2 aromatic carbocycles. The summed E-state index contributed by atoms with van der Waals surface area (Å²) in [5, 5.41) is 1.17. The van der Waals surface area contributed by atoms with Crippen LogP contribution in [0.15, 0.2) is 42.5 Å². The highest BCUT2D eigenvalue weighted by molar-refractivity contribution is 5.87. The third-order valence-corrected chi connectivity index (χ3v) is 6.20. The Morgan fingerprint density at radius 3 is 2.00 bits per heavy atom. The summed E-state index contributed by atoms with van der Waals surface area (Å²) in [6, 6.07) is 15.3. The Labute approximate surface area is 191 Å². The lowest BCUT2D eigenvalue weighted by molar-refractivity contribution is -0.633. The van der Waals surface area contributed by atoms with Gasteiger partial charge >= 0.3 is 0 Å². The van der Waals surface area contributed by atoms with Gasteiger partial charge in [0.05, 0.1) is 11.1 Å². The van der Waals surface area contributed by atoms with Crippen LogP contribution < -0.4 is 4.57 Å². The fraction of sp³-hybridized carbons (Fsp3) is 0.357. The van der Waals surface area contributed by atoms with Crippen molar-refractivity contribution in [2.75, 3.05) is 0 Å². The Bertz CT molecular complexity index is 1290. The molecule has 2 aromatic heterocycles. The highest BCUT2D eigenvalue weighted by Crippen LogP contribution is 2.34. The van der Waals surface area contributed by atoms with Crippen LogP contribution >= 0.6 is 0 Å². The second kappa shape index (κ2) is 8.42. The molecule has 0 aliphatic heterocycles. The van der Waals surface area contributed by atoms with Gasteiger partial charge < -0.3 is 0 Å². The molecule has 0 atom stereocenters. The molecule has 0 aliphatic carbocycles. The number of aryl methyl sites for hydroxylation is 3. The molecule has 0 spiro atoms. The van der Waals surface area contributed by atoms with Gasteiger partial charge in [-0.15, -0.1) is 0 Å². The van der Waals surface area contributed by atoms with Crippen molar-refractivity contribution >= 4 is 10.9 Å². The van der Waals surface area contributed by atoms with Crippen molar-refractivity contribution in [3.63, 3.8) is 0 Å². The summed E-state index contributed by atoms with van der Waals surface area (Å²) in [7, 11) is 2.15. The molecule has 0 saturated heterocycles. The first kappa shape index (κ1) is 22.1. The molecule has 0 aliphatic rings. The maximum atomic E-state index is 4.96. The van der Waals surface area contributed by atoms with Crippen LogP contribution in [-0.2, 0) is 7.05 Å². The van der Waals surface area contributed by atoms with Crippen molar-refractivity contribution in [2.24, 2.45) is 7.05 Å². The number of para-hydroxylation sites is 1. The average Bonchev–Trinajstić information content (AvgIpc) is 2.76. The van der Waals surface area contributed by atoms with E-state index in [9.17, 15) is 0 Å². The van der Waals surface area contributed by atoms with E-state index < -0.39 is 0 Å². The number of fused-ring (bicyclic) bond motifs is 1. The smallest absolute Gasteiger partial charge is 0.217 e. The molecule has 164 valence electrons. The van der Waals surface area contributed by atoms with Gasteiger partial charge in [-0.25, -0.2) is 15.0 Å². The van der Waals surface area contributed by atoms with Crippen LogP contribution in [0, 0.1) is 20.8 Å². The molecule has 4 aromatic rings. The fourth-order valence-corrected chi connectivity index (χ4v) is 4.27. The maximum absolute atomic E-state index is 4.96. The normalized spacial score (nSPS) is 11.7. The fourth-order valence-electron chi connectivity index (χ4n) is 4.27. The van der Waals surface area contributed by atoms with Crippen LogP contribution in [0.1, 0.15) is 67.9 Å². The third-order valence-electron chi connectivity index (χ3n) is 6.20. The number of benzene rings is 2. The minimum absolute atomic E-state index is 0.231. The van der Waals surface area contributed by atoms with Crippen LogP contribution in [0.3, 0.4) is 0 Å². The van der Waals surface area contributed by atoms with Gasteiger partial charge in [-0.1, -0.05) is 51.5 Å². The van der Waals surface area contributed by atoms with E-state index in [1.165, 1.54) is 33.2 Å². The SMILES string of the molecule is Cc1cc(C)c(C)c(-c2c(-c3nc(C(C)C)nc(C(C)C)n3)cc3ccccc3[n+]2C)c1. The number of pyridine rings is 1. The van der Waals surface area contributed by atoms with E-state index in [0.29, 0.717) is 0 Å². The Morgan fingerprint density at radius 2 is 1.38 bits per heavy atom. The number of aromatic nitrogens is 4. The lowest BCUT2D eigenvalue weighted by Crippen LogP contribution is -2.33.